The predicted octanol–water partition coefficient (Wildman–Crippen LogP) is 7.26. The molecule has 1 amide bonds. The van der Waals surface area contributed by atoms with E-state index in [9.17, 15) is 4.79 Å². The van der Waals surface area contributed by atoms with Gasteiger partial charge < -0.3 is 14.8 Å². The molecule has 0 unspecified atom stereocenters. The van der Waals surface area contributed by atoms with E-state index in [2.05, 4.69) is 49.9 Å². The molecule has 33 heavy (non-hydrogen) atoms. The number of hydrogen-bond donors (Lipinski definition) is 1. The third kappa shape index (κ3) is 12.4. The van der Waals surface area contributed by atoms with Gasteiger partial charge in [-0.2, -0.15) is 0 Å². The first-order valence-electron chi connectivity index (χ1n) is 12.0. The zero-order chi connectivity index (χ0) is 25.1. The van der Waals surface area contributed by atoms with Crippen LogP contribution in [0.4, 0.5) is 5.69 Å². The van der Waals surface area contributed by atoms with E-state index in [1.165, 1.54) is 36.8 Å². The number of anilines is 1. The van der Waals surface area contributed by atoms with Crippen LogP contribution in [0.25, 0.3) is 0 Å². The third-order valence-electron chi connectivity index (χ3n) is 6.41. The van der Waals surface area contributed by atoms with E-state index in [-0.39, 0.29) is 11.8 Å². The lowest BCUT2D eigenvalue weighted by Gasteiger charge is -2.30. The molecular formula is C29H45NO3. The van der Waals surface area contributed by atoms with E-state index in [4.69, 9.17) is 4.79 Å². The summed E-state index contributed by atoms with van der Waals surface area (Å²) in [5.74, 6) is 0.456. The van der Waals surface area contributed by atoms with Crippen LogP contribution in [0.5, 0.6) is 0 Å². The average molecular weight is 456 g/mol. The molecule has 1 N–H and O–H groups in total. The maximum Gasteiger partial charge on any atom is 0.227 e. The maximum atomic E-state index is 11.9. The summed E-state index contributed by atoms with van der Waals surface area (Å²) < 4.78 is 4.25. The minimum absolute atomic E-state index is 0.194. The van der Waals surface area contributed by atoms with Gasteiger partial charge in [-0.25, -0.2) is 0 Å². The van der Waals surface area contributed by atoms with Crippen LogP contribution < -0.4 is 5.32 Å². The summed E-state index contributed by atoms with van der Waals surface area (Å²) in [7, 11) is 3.25. The molecule has 0 spiro atoms. The van der Waals surface area contributed by atoms with E-state index in [0.717, 1.165) is 24.9 Å². The summed E-state index contributed by atoms with van der Waals surface area (Å²) in [6.07, 6.45) is 8.18. The second-order valence-electron chi connectivity index (χ2n) is 8.53. The quantitative estimate of drug-likeness (QED) is 0.456. The van der Waals surface area contributed by atoms with Gasteiger partial charge in [-0.3, -0.25) is 4.79 Å². The first kappa shape index (κ1) is 30.5. The van der Waals surface area contributed by atoms with Gasteiger partial charge in [-0.1, -0.05) is 82.5 Å². The van der Waals surface area contributed by atoms with Crippen LogP contribution in [0, 0.1) is 18.3 Å². The molecule has 3 rings (SSSR count). The Morgan fingerprint density at radius 2 is 1.42 bits per heavy atom. The summed E-state index contributed by atoms with van der Waals surface area (Å²) in [5, 5.41) is 3.07. The Morgan fingerprint density at radius 3 is 1.82 bits per heavy atom. The van der Waals surface area contributed by atoms with Crippen molar-refractivity contribution in [2.24, 2.45) is 11.3 Å². The van der Waals surface area contributed by atoms with Crippen LogP contribution in [-0.4, -0.2) is 26.9 Å². The van der Waals surface area contributed by atoms with Crippen molar-refractivity contribution in [3.05, 3.63) is 65.7 Å². The molecule has 1 aliphatic carbocycles. The Labute approximate surface area is 202 Å². The molecule has 1 fully saturated rings. The van der Waals surface area contributed by atoms with E-state index in [1.807, 2.05) is 49.3 Å². The largest absolute Gasteiger partial charge is 0.388 e. The molecule has 0 radical (unpaired) electrons. The molecule has 1 aliphatic rings. The highest BCUT2D eigenvalue weighted by atomic mass is 16.4. The highest BCUT2D eigenvalue weighted by Crippen LogP contribution is 2.36. The number of benzene rings is 2. The summed E-state index contributed by atoms with van der Waals surface area (Å²) in [5.41, 5.74) is 4.15. The van der Waals surface area contributed by atoms with E-state index < -0.39 is 0 Å². The number of hydrogen-bond acceptors (Lipinski definition) is 3. The maximum absolute atomic E-state index is 11.9. The molecule has 0 aliphatic heterocycles. The van der Waals surface area contributed by atoms with E-state index in [0.29, 0.717) is 5.41 Å². The van der Waals surface area contributed by atoms with Crippen LogP contribution in [-0.2, 0) is 20.7 Å². The molecule has 0 atom stereocenters. The number of nitrogens with one attached hydrogen (secondary N) is 1. The van der Waals surface area contributed by atoms with Gasteiger partial charge in [0.1, 0.15) is 6.79 Å². The van der Waals surface area contributed by atoms with Gasteiger partial charge in [0.15, 0.2) is 0 Å². The Balaban J connectivity index is 0.000000772. The van der Waals surface area contributed by atoms with Crippen molar-refractivity contribution >= 4 is 18.4 Å². The molecule has 4 heteroatoms. The monoisotopic (exact) mass is 455 g/mol. The number of carbonyl (C=O) groups excluding carboxylic acids is 2. The summed E-state index contributed by atoms with van der Waals surface area (Å²) in [6.45, 7) is 11.1. The highest BCUT2D eigenvalue weighted by molar-refractivity contribution is 5.94. The predicted molar refractivity (Wildman–Crippen MR) is 141 cm³/mol. The van der Waals surface area contributed by atoms with Crippen LogP contribution in [0.2, 0.25) is 0 Å². The molecule has 0 bridgehead atoms. The Morgan fingerprint density at radius 1 is 0.970 bits per heavy atom. The molecule has 0 heterocycles. The fourth-order valence-electron chi connectivity index (χ4n) is 3.67. The van der Waals surface area contributed by atoms with Crippen molar-refractivity contribution in [2.75, 3.05) is 19.5 Å². The number of aryl methyl sites for hydroxylation is 2. The topological polar surface area (TPSA) is 55.4 Å². The van der Waals surface area contributed by atoms with Gasteiger partial charge in [0.2, 0.25) is 5.91 Å². The molecule has 0 aromatic heterocycles. The number of ether oxygens (including phenoxy) is 1. The fourth-order valence-corrected chi connectivity index (χ4v) is 3.67. The Bertz CT molecular complexity index is 718. The zero-order valence-electron chi connectivity index (χ0n) is 21.7. The SMILES string of the molecule is C=O.CCC(CC)(CC)CCc1cc(NC(=O)C2CC2)ccc1C.COC.c1ccccc1. The molecule has 0 saturated heterocycles. The highest BCUT2D eigenvalue weighted by Gasteiger charge is 2.29. The zero-order valence-corrected chi connectivity index (χ0v) is 21.7. The molecule has 1 saturated carbocycles. The van der Waals surface area contributed by atoms with E-state index >= 15 is 0 Å². The van der Waals surface area contributed by atoms with Crippen molar-refractivity contribution in [3.63, 3.8) is 0 Å². The number of methoxy groups -OCH3 is 1. The normalized spacial score (nSPS) is 12.1. The van der Waals surface area contributed by atoms with Gasteiger partial charge in [0.05, 0.1) is 0 Å². The van der Waals surface area contributed by atoms with Crippen LogP contribution in [0.3, 0.4) is 0 Å². The second kappa shape index (κ2) is 18.0. The molecular weight excluding hydrogens is 410 g/mol. The van der Waals surface area contributed by atoms with Crippen molar-refractivity contribution in [2.45, 2.75) is 72.6 Å². The Kier molecular flexibility index (Phi) is 16.7. The van der Waals surface area contributed by atoms with Crippen LogP contribution in [0.1, 0.15) is 70.4 Å². The van der Waals surface area contributed by atoms with Crippen LogP contribution >= 0.6 is 0 Å². The molecule has 2 aromatic carbocycles. The van der Waals surface area contributed by atoms with Gasteiger partial charge in [-0.15, -0.1) is 0 Å². The Hall–Kier alpha value is -2.46. The van der Waals surface area contributed by atoms with Crippen molar-refractivity contribution < 1.29 is 14.3 Å². The number of amides is 1. The first-order valence-corrected chi connectivity index (χ1v) is 12.0. The lowest BCUT2D eigenvalue weighted by Crippen LogP contribution is -2.19. The fraction of sp³-hybridized carbons (Fsp3) is 0.517. The van der Waals surface area contributed by atoms with Crippen molar-refractivity contribution in [1.29, 1.82) is 0 Å². The van der Waals surface area contributed by atoms with Gasteiger partial charge in [0.25, 0.3) is 0 Å². The number of rotatable bonds is 8. The second-order valence-corrected chi connectivity index (χ2v) is 8.53. The minimum atomic E-state index is 0.194. The minimum Gasteiger partial charge on any atom is -0.388 e. The van der Waals surface area contributed by atoms with Gasteiger partial charge in [-0.05, 0) is 61.3 Å². The van der Waals surface area contributed by atoms with Crippen LogP contribution in [0.15, 0.2) is 54.6 Å². The molecule has 184 valence electrons. The standard InChI is InChI=1S/C20H31NO.C6H6.C2H6O.CH2O/c1-5-20(6-2,7-3)13-12-17-14-18(11-8-15(17)4)21-19(22)16-9-10-16;1-2-4-6-5-3-1;1-3-2;1-2/h8,11,14,16H,5-7,9-10,12-13H2,1-4H3,(H,21,22);1-6H;1-2H3;1H2. The lowest BCUT2D eigenvalue weighted by atomic mass is 9.75. The smallest absolute Gasteiger partial charge is 0.227 e. The first-order chi connectivity index (χ1) is 15.9. The summed E-state index contributed by atoms with van der Waals surface area (Å²) in [6, 6.07) is 18.4. The molecule has 4 nitrogen and oxygen atoms in total. The van der Waals surface area contributed by atoms with Gasteiger partial charge in [0, 0.05) is 25.8 Å². The lowest BCUT2D eigenvalue weighted by molar-refractivity contribution is -0.117. The van der Waals surface area contributed by atoms with Crippen molar-refractivity contribution in [3.8, 4) is 0 Å². The third-order valence-corrected chi connectivity index (χ3v) is 6.41. The van der Waals surface area contributed by atoms with E-state index in [1.54, 1.807) is 14.2 Å². The number of carbonyl (C=O) groups is 2. The van der Waals surface area contributed by atoms with Crippen molar-refractivity contribution in [1.82, 2.24) is 0 Å². The average Bonchev–Trinajstić information content (AvgIpc) is 3.71. The van der Waals surface area contributed by atoms with Gasteiger partial charge >= 0.3 is 0 Å². The summed E-state index contributed by atoms with van der Waals surface area (Å²) >= 11 is 0. The molecule has 2 aromatic rings. The summed E-state index contributed by atoms with van der Waals surface area (Å²) in [4.78, 5) is 19.9.